The molecule has 6 rings (SSSR count). The number of sulfonamides is 1. The monoisotopic (exact) mass is 753 g/mol. The molecule has 2 aliphatic heterocycles. The fourth-order valence-corrected chi connectivity index (χ4v) is 7.61. The summed E-state index contributed by atoms with van der Waals surface area (Å²) in [4.78, 5) is 26.6. The quantitative estimate of drug-likeness (QED) is 0.0639. The highest BCUT2D eigenvalue weighted by molar-refractivity contribution is 7.90. The van der Waals surface area contributed by atoms with E-state index in [0.29, 0.717) is 38.0 Å². The Morgan fingerprint density at radius 1 is 1.13 bits per heavy atom. The Morgan fingerprint density at radius 3 is 2.63 bits per heavy atom. The van der Waals surface area contributed by atoms with E-state index in [1.54, 1.807) is 24.3 Å². The van der Waals surface area contributed by atoms with E-state index in [0.717, 1.165) is 31.5 Å². The number of rotatable bonds is 15. The highest BCUT2D eigenvalue weighted by Crippen LogP contribution is 2.39. The van der Waals surface area contributed by atoms with Gasteiger partial charge in [-0.05, 0) is 55.3 Å². The number of nitro benzene ring substituents is 1. The van der Waals surface area contributed by atoms with E-state index in [1.165, 1.54) is 41.4 Å². The summed E-state index contributed by atoms with van der Waals surface area (Å²) >= 11 is 0. The number of hydrogen-bond donors (Lipinski definition) is 3. The molecular formula is C34H43N7O9SSi. The zero-order valence-corrected chi connectivity index (χ0v) is 31.0. The highest BCUT2D eigenvalue weighted by Gasteiger charge is 2.41. The van der Waals surface area contributed by atoms with Crippen molar-refractivity contribution in [3.63, 3.8) is 0 Å². The van der Waals surface area contributed by atoms with Crippen LogP contribution in [0.3, 0.4) is 0 Å². The first-order valence-electron chi connectivity index (χ1n) is 17.1. The van der Waals surface area contributed by atoms with Crippen molar-refractivity contribution in [2.45, 2.75) is 61.5 Å². The number of nitro groups is 1. The van der Waals surface area contributed by atoms with Gasteiger partial charge in [-0.2, -0.15) is 0 Å². The fourth-order valence-electron chi connectivity index (χ4n) is 5.86. The van der Waals surface area contributed by atoms with E-state index in [-0.39, 0.29) is 35.4 Å². The van der Waals surface area contributed by atoms with Gasteiger partial charge in [0.2, 0.25) is 0 Å². The molecule has 2 unspecified atom stereocenters. The van der Waals surface area contributed by atoms with E-state index < -0.39 is 45.4 Å². The molecule has 0 spiro atoms. The molecule has 1 saturated heterocycles. The molecule has 2 fully saturated rings. The molecule has 3 aromatic rings. The first kappa shape index (κ1) is 37.3. The summed E-state index contributed by atoms with van der Waals surface area (Å²) < 4.78 is 46.3. The lowest BCUT2D eigenvalue weighted by atomic mass is 10.1. The maximum absolute atomic E-state index is 13.5. The van der Waals surface area contributed by atoms with Crippen molar-refractivity contribution in [3.8, 4) is 5.75 Å². The Kier molecular flexibility index (Phi) is 10.9. The SMILES string of the molecule is C[Si](C)(C)CCOCN1N=NC(O)(Oc2ccccc2C(=O)NS(=O)(=O)c2ccc(NCC3CN(C4CC4)CCO3)c([N+](=O)[O-])c2)c2ccccc21. The minimum Gasteiger partial charge on any atom is -0.437 e. The average Bonchev–Trinajstić information content (AvgIpc) is 3.96. The average molecular weight is 754 g/mol. The molecule has 1 aliphatic carbocycles. The molecule has 18 heteroatoms. The number of nitrogens with zero attached hydrogens (tertiary/aromatic N) is 5. The Hall–Kier alpha value is -4.46. The van der Waals surface area contributed by atoms with E-state index in [1.807, 2.05) is 4.72 Å². The van der Waals surface area contributed by atoms with Crippen molar-refractivity contribution in [1.82, 2.24) is 9.62 Å². The van der Waals surface area contributed by atoms with Crippen LogP contribution in [0.25, 0.3) is 0 Å². The maximum atomic E-state index is 13.5. The van der Waals surface area contributed by atoms with Crippen molar-refractivity contribution in [1.29, 1.82) is 0 Å². The Morgan fingerprint density at radius 2 is 1.88 bits per heavy atom. The van der Waals surface area contributed by atoms with Crippen LogP contribution in [0.4, 0.5) is 17.1 Å². The van der Waals surface area contributed by atoms with Gasteiger partial charge in [-0.25, -0.2) is 18.1 Å². The predicted octanol–water partition coefficient (Wildman–Crippen LogP) is 4.67. The second-order valence-corrected chi connectivity index (χ2v) is 21.4. The van der Waals surface area contributed by atoms with Crippen LogP contribution in [0.5, 0.6) is 5.75 Å². The van der Waals surface area contributed by atoms with E-state index in [2.05, 4.69) is 40.2 Å². The molecule has 3 aromatic carbocycles. The molecular weight excluding hydrogens is 711 g/mol. The molecule has 52 heavy (non-hydrogen) atoms. The van der Waals surface area contributed by atoms with Crippen LogP contribution in [0.2, 0.25) is 25.7 Å². The van der Waals surface area contributed by atoms with Crippen LogP contribution in [0.15, 0.2) is 82.0 Å². The number of carbonyl (C=O) groups is 1. The standard InChI is InChI=1S/C34H43N7O9SSi/c1-52(2,3)19-18-48-23-40-30-10-6-5-9-28(30)34(43,37-38-40)50-32-11-7-4-8-27(32)33(42)36-51(46,47)26-14-15-29(31(20-26)41(44)45)35-21-25-22-39(16-17-49-25)24-12-13-24/h4-11,14-15,20,24-25,35,43H,12-13,16-19,21-23H2,1-3H3,(H,36,42). The Labute approximate surface area is 302 Å². The first-order valence-corrected chi connectivity index (χ1v) is 22.2. The molecule has 3 N–H and O–H groups in total. The summed E-state index contributed by atoms with van der Waals surface area (Å²) in [6, 6.07) is 17.3. The van der Waals surface area contributed by atoms with Crippen LogP contribution in [-0.4, -0.2) is 89.1 Å². The lowest BCUT2D eigenvalue weighted by Gasteiger charge is -2.33. The number of morpholine rings is 1. The van der Waals surface area contributed by atoms with E-state index in [4.69, 9.17) is 14.2 Å². The van der Waals surface area contributed by atoms with Gasteiger partial charge in [0.15, 0.2) is 0 Å². The van der Waals surface area contributed by atoms with Crippen molar-refractivity contribution >= 4 is 41.1 Å². The number of ether oxygens (including phenoxy) is 3. The van der Waals surface area contributed by atoms with Gasteiger partial charge in [0.25, 0.3) is 21.6 Å². The van der Waals surface area contributed by atoms with Gasteiger partial charge in [-0.15, -0.1) is 0 Å². The van der Waals surface area contributed by atoms with Gasteiger partial charge in [-0.1, -0.05) is 54.2 Å². The zero-order valence-electron chi connectivity index (χ0n) is 29.2. The molecule has 2 heterocycles. The van der Waals surface area contributed by atoms with Crippen LogP contribution in [0.1, 0.15) is 28.8 Å². The summed E-state index contributed by atoms with van der Waals surface area (Å²) in [5, 5.41) is 36.2. The molecule has 16 nitrogen and oxygen atoms in total. The zero-order chi connectivity index (χ0) is 37.1. The molecule has 0 radical (unpaired) electrons. The normalized spacial score (nSPS) is 20.6. The molecule has 278 valence electrons. The topological polar surface area (TPSA) is 198 Å². The predicted molar refractivity (Wildman–Crippen MR) is 194 cm³/mol. The largest absolute Gasteiger partial charge is 0.437 e. The minimum absolute atomic E-state index is 0.0845. The third-order valence-electron chi connectivity index (χ3n) is 8.87. The number of aliphatic hydroxyl groups is 1. The molecule has 0 aromatic heterocycles. The summed E-state index contributed by atoms with van der Waals surface area (Å²) in [5.74, 6) is -3.66. The van der Waals surface area contributed by atoms with Crippen molar-refractivity contribution in [2.75, 3.05) is 49.9 Å². The van der Waals surface area contributed by atoms with Gasteiger partial charge >= 0.3 is 5.91 Å². The Balaban J connectivity index is 1.15. The second kappa shape index (κ2) is 15.3. The van der Waals surface area contributed by atoms with Gasteiger partial charge in [0, 0.05) is 46.4 Å². The summed E-state index contributed by atoms with van der Waals surface area (Å²) in [5.41, 5.74) is 0.0762. The summed E-state index contributed by atoms with van der Waals surface area (Å²) in [6.07, 6.45) is 2.14. The number of hydrogen-bond acceptors (Lipinski definition) is 14. The van der Waals surface area contributed by atoms with Crippen LogP contribution in [-0.2, 0) is 25.4 Å². The molecule has 3 aliphatic rings. The van der Waals surface area contributed by atoms with Gasteiger partial charge < -0.3 is 24.6 Å². The lowest BCUT2D eigenvalue weighted by Crippen LogP contribution is -2.46. The minimum atomic E-state index is -4.61. The van der Waals surface area contributed by atoms with Crippen molar-refractivity contribution in [3.05, 3.63) is 88.0 Å². The third kappa shape index (κ3) is 8.94. The molecule has 1 saturated carbocycles. The van der Waals surface area contributed by atoms with Crippen LogP contribution < -0.4 is 19.8 Å². The number of amides is 1. The van der Waals surface area contributed by atoms with Crippen molar-refractivity contribution < 1.29 is 37.5 Å². The van der Waals surface area contributed by atoms with Gasteiger partial charge in [-0.3, -0.25) is 19.8 Å². The smallest absolute Gasteiger partial charge is 0.360 e. The highest BCUT2D eigenvalue weighted by atomic mass is 32.2. The fraction of sp³-hybridized carbons (Fsp3) is 0.441. The maximum Gasteiger partial charge on any atom is 0.360 e. The number of anilines is 2. The number of benzene rings is 3. The second-order valence-electron chi connectivity index (χ2n) is 14.1. The van der Waals surface area contributed by atoms with Gasteiger partial charge in [0.05, 0.1) is 39.3 Å². The van der Waals surface area contributed by atoms with Crippen LogP contribution >= 0.6 is 0 Å². The number of para-hydroxylation sites is 2. The number of nitrogens with one attached hydrogen (secondary N) is 2. The summed E-state index contributed by atoms with van der Waals surface area (Å²) in [6.45, 7) is 9.78. The molecule has 1 amide bonds. The number of carbonyl (C=O) groups excluding carboxylic acids is 1. The van der Waals surface area contributed by atoms with Crippen molar-refractivity contribution in [2.24, 2.45) is 10.3 Å². The molecule has 0 bridgehead atoms. The third-order valence-corrected chi connectivity index (χ3v) is 11.9. The molecule has 2 atom stereocenters. The van der Waals surface area contributed by atoms with E-state index in [9.17, 15) is 28.4 Å². The number of fused-ring (bicyclic) bond motifs is 1. The van der Waals surface area contributed by atoms with E-state index >= 15 is 0 Å². The Bertz CT molecular complexity index is 1940. The van der Waals surface area contributed by atoms with Gasteiger partial charge in [0.1, 0.15) is 18.2 Å². The first-order chi connectivity index (χ1) is 24.7. The lowest BCUT2D eigenvalue weighted by molar-refractivity contribution is -0.384. The summed E-state index contributed by atoms with van der Waals surface area (Å²) in [7, 11) is -5.92. The van der Waals surface area contributed by atoms with Crippen LogP contribution in [0, 0.1) is 10.1 Å².